The summed E-state index contributed by atoms with van der Waals surface area (Å²) in [7, 11) is 0. The fourth-order valence-electron chi connectivity index (χ4n) is 4.19. The second-order valence-corrected chi connectivity index (χ2v) is 9.21. The number of carboxylic acids is 1. The van der Waals surface area contributed by atoms with Crippen molar-refractivity contribution in [3.05, 3.63) is 60.4 Å². The molecule has 1 fully saturated rings. The Balaban J connectivity index is 1.21. The van der Waals surface area contributed by atoms with E-state index in [-0.39, 0.29) is 19.0 Å². The number of fused-ring (bicyclic) bond motifs is 2. The van der Waals surface area contributed by atoms with E-state index in [1.165, 1.54) is 4.90 Å². The van der Waals surface area contributed by atoms with Gasteiger partial charge in [-0.1, -0.05) is 29.1 Å². The molecule has 1 unspecified atom stereocenters. The lowest BCUT2D eigenvalue weighted by Gasteiger charge is -2.22. The third-order valence-electron chi connectivity index (χ3n) is 5.81. The summed E-state index contributed by atoms with van der Waals surface area (Å²) in [5.41, 5.74) is 0.354. The molecule has 0 bridgehead atoms. The van der Waals surface area contributed by atoms with Crippen LogP contribution >= 0.6 is 11.8 Å². The lowest BCUT2D eigenvalue weighted by molar-refractivity contribution is -0.147. The highest BCUT2D eigenvalue weighted by Crippen LogP contribution is 2.46. The second kappa shape index (κ2) is 9.18. The first-order chi connectivity index (χ1) is 16.5. The topological polar surface area (TPSA) is 127 Å². The van der Waals surface area contributed by atoms with Gasteiger partial charge >= 0.3 is 5.97 Å². The SMILES string of the molecule is O=C(NCC(=O)N1CC(Cn2ccnn2)C[C@H]1C(=O)O)c1ccc2c(c1)Oc1ccccc1S2. The number of ether oxygens (including phenoxy) is 1. The van der Waals surface area contributed by atoms with Crippen LogP contribution in [-0.4, -0.2) is 61.9 Å². The predicted octanol–water partition coefficient (Wildman–Crippen LogP) is 2.27. The maximum absolute atomic E-state index is 12.8. The lowest BCUT2D eigenvalue weighted by atomic mass is 10.1. The Morgan fingerprint density at radius 2 is 1.97 bits per heavy atom. The smallest absolute Gasteiger partial charge is 0.326 e. The molecule has 5 rings (SSSR count). The number of nitrogens with zero attached hydrogens (tertiary/aromatic N) is 4. The van der Waals surface area contributed by atoms with E-state index in [4.69, 9.17) is 4.74 Å². The highest BCUT2D eigenvalue weighted by molar-refractivity contribution is 7.99. The second-order valence-electron chi connectivity index (χ2n) is 8.12. The third kappa shape index (κ3) is 4.46. The highest BCUT2D eigenvalue weighted by Gasteiger charge is 2.39. The monoisotopic (exact) mass is 479 g/mol. The van der Waals surface area contributed by atoms with E-state index >= 15 is 0 Å². The van der Waals surface area contributed by atoms with E-state index in [1.54, 1.807) is 41.0 Å². The largest absolute Gasteiger partial charge is 0.480 e. The van der Waals surface area contributed by atoms with Crippen molar-refractivity contribution < 1.29 is 24.2 Å². The summed E-state index contributed by atoms with van der Waals surface area (Å²) in [6.07, 6.45) is 3.56. The minimum absolute atomic E-state index is 0.0689. The zero-order chi connectivity index (χ0) is 23.7. The molecular weight excluding hydrogens is 458 g/mol. The standard InChI is InChI=1S/C23H21N5O5S/c29-21(28-13-14(9-16(28)23(31)32)12-27-8-7-25-26-27)11-24-22(30)15-5-6-20-18(10-15)33-17-3-1-2-4-19(17)34-20/h1-8,10,14,16H,9,11-13H2,(H,24,30)(H,31,32)/t14?,16-/m0/s1. The number of carbonyl (C=O) groups excluding carboxylic acids is 2. The van der Waals surface area contributed by atoms with Crippen molar-refractivity contribution in [3.8, 4) is 11.5 Å². The van der Waals surface area contributed by atoms with Gasteiger partial charge < -0.3 is 20.1 Å². The van der Waals surface area contributed by atoms with Crippen molar-refractivity contribution in [1.82, 2.24) is 25.2 Å². The van der Waals surface area contributed by atoms with Gasteiger partial charge in [0.15, 0.2) is 0 Å². The molecule has 2 atom stereocenters. The minimum atomic E-state index is -1.06. The van der Waals surface area contributed by atoms with Gasteiger partial charge in [0, 0.05) is 24.8 Å². The van der Waals surface area contributed by atoms with Crippen molar-refractivity contribution in [3.63, 3.8) is 0 Å². The molecule has 2 aliphatic rings. The van der Waals surface area contributed by atoms with E-state index in [0.29, 0.717) is 24.3 Å². The number of nitrogens with one attached hydrogen (secondary N) is 1. The summed E-state index contributed by atoms with van der Waals surface area (Å²) in [6, 6.07) is 11.8. The number of hydrogen-bond acceptors (Lipinski definition) is 7. The minimum Gasteiger partial charge on any atom is -0.480 e. The molecular formula is C23H21N5O5S. The average Bonchev–Trinajstić information content (AvgIpc) is 3.51. The fraction of sp³-hybridized carbons (Fsp3) is 0.261. The number of rotatable bonds is 6. The van der Waals surface area contributed by atoms with Crippen LogP contribution in [0.4, 0.5) is 0 Å². The molecule has 174 valence electrons. The quantitative estimate of drug-likeness (QED) is 0.431. The predicted molar refractivity (Wildman–Crippen MR) is 121 cm³/mol. The maximum Gasteiger partial charge on any atom is 0.326 e. The van der Waals surface area contributed by atoms with E-state index in [2.05, 4.69) is 15.6 Å². The number of amides is 2. The molecule has 0 aliphatic carbocycles. The summed E-state index contributed by atoms with van der Waals surface area (Å²) in [6.45, 7) is 0.444. The lowest BCUT2D eigenvalue weighted by Crippen LogP contribution is -2.45. The number of benzene rings is 2. The molecule has 10 nitrogen and oxygen atoms in total. The number of aliphatic carboxylic acids is 1. The number of para-hydroxylation sites is 1. The Morgan fingerprint density at radius 3 is 2.76 bits per heavy atom. The van der Waals surface area contributed by atoms with Crippen molar-refractivity contribution in [1.29, 1.82) is 0 Å². The number of carbonyl (C=O) groups is 3. The normalized spacial score (nSPS) is 18.5. The molecule has 2 amide bonds. The van der Waals surface area contributed by atoms with Crippen molar-refractivity contribution in [2.75, 3.05) is 13.1 Å². The van der Waals surface area contributed by atoms with Gasteiger partial charge in [-0.3, -0.25) is 14.3 Å². The molecule has 2 aliphatic heterocycles. The van der Waals surface area contributed by atoms with Crippen LogP contribution in [0.5, 0.6) is 11.5 Å². The first-order valence-corrected chi connectivity index (χ1v) is 11.5. The Hall–Kier alpha value is -3.86. The zero-order valence-corrected chi connectivity index (χ0v) is 18.8. The molecule has 1 aromatic heterocycles. The van der Waals surface area contributed by atoms with Gasteiger partial charge in [-0.05, 0) is 42.7 Å². The molecule has 3 aromatic rings. The van der Waals surface area contributed by atoms with Gasteiger partial charge in [-0.2, -0.15) is 0 Å². The van der Waals surface area contributed by atoms with Crippen molar-refractivity contribution in [2.24, 2.45) is 5.92 Å². The van der Waals surface area contributed by atoms with Crippen LogP contribution < -0.4 is 10.1 Å². The third-order valence-corrected chi connectivity index (χ3v) is 6.92. The van der Waals surface area contributed by atoms with Crippen LogP contribution in [-0.2, 0) is 16.1 Å². The van der Waals surface area contributed by atoms with E-state index in [0.717, 1.165) is 15.5 Å². The van der Waals surface area contributed by atoms with Crippen LogP contribution in [0.2, 0.25) is 0 Å². The fourth-order valence-corrected chi connectivity index (χ4v) is 5.12. The van der Waals surface area contributed by atoms with Gasteiger partial charge in [0.25, 0.3) is 5.91 Å². The molecule has 2 aromatic carbocycles. The molecule has 3 heterocycles. The number of carboxylic acid groups (broad SMARTS) is 1. The van der Waals surface area contributed by atoms with E-state index in [1.807, 2.05) is 30.3 Å². The summed E-state index contributed by atoms with van der Waals surface area (Å²) in [5, 5.41) is 19.8. The highest BCUT2D eigenvalue weighted by atomic mass is 32.2. The van der Waals surface area contributed by atoms with Crippen LogP contribution in [0, 0.1) is 5.92 Å². The number of aromatic nitrogens is 3. The Labute approximate surface area is 198 Å². The van der Waals surface area contributed by atoms with Crippen molar-refractivity contribution in [2.45, 2.75) is 28.8 Å². The number of hydrogen-bond donors (Lipinski definition) is 2. The van der Waals surface area contributed by atoms with E-state index in [9.17, 15) is 19.5 Å². The van der Waals surface area contributed by atoms with Gasteiger partial charge in [0.2, 0.25) is 5.91 Å². The van der Waals surface area contributed by atoms with Crippen molar-refractivity contribution >= 4 is 29.5 Å². The van der Waals surface area contributed by atoms with Crippen LogP contribution in [0.1, 0.15) is 16.8 Å². The summed E-state index contributed by atoms with van der Waals surface area (Å²) >= 11 is 1.56. The summed E-state index contributed by atoms with van der Waals surface area (Å²) < 4.78 is 7.54. The molecule has 0 spiro atoms. The summed E-state index contributed by atoms with van der Waals surface area (Å²) in [4.78, 5) is 40.4. The van der Waals surface area contributed by atoms with Gasteiger partial charge in [0.1, 0.15) is 17.5 Å². The molecule has 11 heteroatoms. The van der Waals surface area contributed by atoms with Crippen LogP contribution in [0.3, 0.4) is 0 Å². The molecule has 2 N–H and O–H groups in total. The first-order valence-electron chi connectivity index (χ1n) is 10.7. The van der Waals surface area contributed by atoms with E-state index < -0.39 is 23.8 Å². The van der Waals surface area contributed by atoms with Gasteiger partial charge in [-0.15, -0.1) is 5.10 Å². The Bertz CT molecular complexity index is 1250. The Morgan fingerprint density at radius 1 is 1.15 bits per heavy atom. The van der Waals surface area contributed by atoms with Crippen LogP contribution in [0.15, 0.2) is 64.6 Å². The molecule has 34 heavy (non-hydrogen) atoms. The molecule has 0 saturated carbocycles. The average molecular weight is 480 g/mol. The van der Waals surface area contributed by atoms with Gasteiger partial charge in [-0.25, -0.2) is 4.79 Å². The summed E-state index contributed by atoms with van der Waals surface area (Å²) in [5.74, 6) is -0.716. The van der Waals surface area contributed by atoms with Crippen LogP contribution in [0.25, 0.3) is 0 Å². The molecule has 0 radical (unpaired) electrons. The number of likely N-dealkylation sites (tertiary alicyclic amines) is 1. The zero-order valence-electron chi connectivity index (χ0n) is 18.0. The Kier molecular flexibility index (Phi) is 5.93. The molecule has 1 saturated heterocycles. The van der Waals surface area contributed by atoms with Gasteiger partial charge in [0.05, 0.1) is 22.5 Å². The maximum atomic E-state index is 12.8. The first kappa shape index (κ1) is 22.0.